The Bertz CT molecular complexity index is 694. The van der Waals surface area contributed by atoms with E-state index < -0.39 is 0 Å². The molecule has 0 aliphatic rings. The van der Waals surface area contributed by atoms with Gasteiger partial charge in [0.05, 0.1) is 19.8 Å². The van der Waals surface area contributed by atoms with Gasteiger partial charge in [0.15, 0.2) is 0 Å². The Kier molecular flexibility index (Phi) is 39.6. The van der Waals surface area contributed by atoms with E-state index in [1.54, 1.807) is 0 Å². The number of aliphatic hydroxyl groups excluding tert-OH is 1. The van der Waals surface area contributed by atoms with Crippen molar-refractivity contribution in [2.75, 3.05) is 59.2 Å². The highest BCUT2D eigenvalue weighted by molar-refractivity contribution is 5.69. The van der Waals surface area contributed by atoms with Crippen LogP contribution >= 0.6 is 0 Å². The summed E-state index contributed by atoms with van der Waals surface area (Å²) in [5.74, 6) is -0.144. The molecule has 0 radical (unpaired) electrons. The zero-order valence-corrected chi connectivity index (χ0v) is 33.5. The smallest absolute Gasteiger partial charge is 0.306 e. The number of carbonyl (C=O) groups is 2. The van der Waals surface area contributed by atoms with E-state index in [0.717, 1.165) is 123 Å². The molecule has 0 spiro atoms. The Morgan fingerprint density at radius 1 is 0.560 bits per heavy atom. The van der Waals surface area contributed by atoms with Crippen LogP contribution in [0.2, 0.25) is 0 Å². The molecule has 0 saturated heterocycles. The summed E-state index contributed by atoms with van der Waals surface area (Å²) in [5, 5.41) is 13.0. The molecule has 2 N–H and O–H groups in total. The van der Waals surface area contributed by atoms with Crippen LogP contribution in [-0.2, 0) is 23.8 Å². The second kappa shape index (κ2) is 40.5. The van der Waals surface area contributed by atoms with Gasteiger partial charge < -0.3 is 29.5 Å². The molecule has 0 heterocycles. The fraction of sp³-hybridized carbons (Fsp3) is 0.952. The second-order valence-corrected chi connectivity index (χ2v) is 14.5. The van der Waals surface area contributed by atoms with E-state index in [9.17, 15) is 14.7 Å². The predicted octanol–water partition coefficient (Wildman–Crippen LogP) is 9.93. The highest BCUT2D eigenvalue weighted by Crippen LogP contribution is 2.12. The normalized spacial score (nSPS) is 12.1. The Hall–Kier alpha value is -1.22. The largest absolute Gasteiger partial charge is 0.466 e. The molecule has 0 amide bonds. The van der Waals surface area contributed by atoms with Crippen molar-refractivity contribution in [2.45, 2.75) is 200 Å². The van der Waals surface area contributed by atoms with Crippen molar-refractivity contribution < 1.29 is 28.9 Å². The van der Waals surface area contributed by atoms with E-state index in [4.69, 9.17) is 14.2 Å². The first-order valence-corrected chi connectivity index (χ1v) is 21.5. The summed E-state index contributed by atoms with van der Waals surface area (Å²) in [4.78, 5) is 26.9. The molecule has 0 bridgehead atoms. The minimum Gasteiger partial charge on any atom is -0.466 e. The number of aliphatic hydroxyl groups is 1. The fourth-order valence-corrected chi connectivity index (χ4v) is 6.23. The molecule has 0 rings (SSSR count). The first kappa shape index (κ1) is 48.8. The maximum absolute atomic E-state index is 12.6. The van der Waals surface area contributed by atoms with Crippen molar-refractivity contribution in [1.82, 2.24) is 10.2 Å². The van der Waals surface area contributed by atoms with Crippen LogP contribution in [-0.4, -0.2) is 87.2 Å². The zero-order chi connectivity index (χ0) is 36.6. The summed E-state index contributed by atoms with van der Waals surface area (Å²) < 4.78 is 17.1. The summed E-state index contributed by atoms with van der Waals surface area (Å²) >= 11 is 0. The maximum atomic E-state index is 12.6. The van der Waals surface area contributed by atoms with Crippen LogP contribution in [0.25, 0.3) is 0 Å². The third kappa shape index (κ3) is 36.6. The molecule has 0 aliphatic carbocycles. The number of hydrogen-bond donors (Lipinski definition) is 2. The van der Waals surface area contributed by atoms with Gasteiger partial charge in [0, 0.05) is 32.5 Å². The number of carbonyl (C=O) groups excluding carboxylic acids is 2. The Morgan fingerprint density at radius 3 is 1.64 bits per heavy atom. The van der Waals surface area contributed by atoms with Crippen molar-refractivity contribution in [2.24, 2.45) is 0 Å². The van der Waals surface area contributed by atoms with Crippen molar-refractivity contribution in [3.05, 3.63) is 0 Å². The summed E-state index contributed by atoms with van der Waals surface area (Å²) in [6.45, 7) is 13.0. The number of rotatable bonds is 41. The van der Waals surface area contributed by atoms with Gasteiger partial charge in [0.1, 0.15) is 6.10 Å². The molecule has 1 unspecified atom stereocenters. The standard InChI is InChI=1S/C42H84N2O6/c1-4-7-10-13-14-21-28-37-49-41(46)29-22-17-15-19-25-32-44(34-35-45)33-26-20-16-18-23-30-42(47)50-40(38-43-31-24-11-8-5-2)39-48-36-27-12-9-6-3/h40,43,45H,4-39H2,1-3H3. The van der Waals surface area contributed by atoms with Gasteiger partial charge in [-0.15, -0.1) is 0 Å². The molecule has 8 nitrogen and oxygen atoms in total. The Morgan fingerprint density at radius 2 is 1.04 bits per heavy atom. The van der Waals surface area contributed by atoms with Gasteiger partial charge in [-0.3, -0.25) is 9.59 Å². The molecule has 0 aromatic rings. The second-order valence-electron chi connectivity index (χ2n) is 14.5. The van der Waals surface area contributed by atoms with Gasteiger partial charge in [-0.2, -0.15) is 0 Å². The van der Waals surface area contributed by atoms with Gasteiger partial charge in [-0.1, -0.05) is 136 Å². The first-order valence-electron chi connectivity index (χ1n) is 21.5. The summed E-state index contributed by atoms with van der Waals surface area (Å²) in [7, 11) is 0. The summed E-state index contributed by atoms with van der Waals surface area (Å²) in [6, 6.07) is 0. The van der Waals surface area contributed by atoms with Gasteiger partial charge >= 0.3 is 11.9 Å². The molecule has 0 aromatic carbocycles. The number of esters is 2. The number of hydrogen-bond acceptors (Lipinski definition) is 8. The lowest BCUT2D eigenvalue weighted by atomic mass is 10.1. The summed E-state index contributed by atoms with van der Waals surface area (Å²) in [6.07, 6.45) is 29.7. The zero-order valence-electron chi connectivity index (χ0n) is 33.5. The monoisotopic (exact) mass is 713 g/mol. The quantitative estimate of drug-likeness (QED) is 0.0478. The highest BCUT2D eigenvalue weighted by atomic mass is 16.6. The van der Waals surface area contributed by atoms with Crippen LogP contribution in [0.5, 0.6) is 0 Å². The molecule has 0 saturated carbocycles. The highest BCUT2D eigenvalue weighted by Gasteiger charge is 2.15. The first-order chi connectivity index (χ1) is 24.6. The van der Waals surface area contributed by atoms with Crippen LogP contribution in [0.15, 0.2) is 0 Å². The van der Waals surface area contributed by atoms with E-state index in [-0.39, 0.29) is 24.6 Å². The van der Waals surface area contributed by atoms with Crippen LogP contribution in [0.1, 0.15) is 194 Å². The third-order valence-electron chi connectivity index (χ3n) is 9.46. The molecule has 0 aliphatic heterocycles. The predicted molar refractivity (Wildman–Crippen MR) is 210 cm³/mol. The number of nitrogens with one attached hydrogen (secondary N) is 1. The Balaban J connectivity index is 3.94. The van der Waals surface area contributed by atoms with Gasteiger partial charge in [-0.25, -0.2) is 0 Å². The molecule has 298 valence electrons. The van der Waals surface area contributed by atoms with Crippen molar-refractivity contribution in [3.63, 3.8) is 0 Å². The lowest BCUT2D eigenvalue weighted by Gasteiger charge is -2.21. The summed E-state index contributed by atoms with van der Waals surface area (Å²) in [5.41, 5.74) is 0. The SMILES string of the molecule is CCCCCCCCCOC(=O)CCCCCCCN(CCO)CCCCCCCC(=O)OC(CNCCCCCC)COCCCCCC. The minimum atomic E-state index is -0.217. The van der Waals surface area contributed by atoms with Gasteiger partial charge in [-0.05, 0) is 64.6 Å². The maximum Gasteiger partial charge on any atom is 0.306 e. The van der Waals surface area contributed by atoms with Crippen molar-refractivity contribution >= 4 is 11.9 Å². The molecular formula is C42H84N2O6. The van der Waals surface area contributed by atoms with Gasteiger partial charge in [0.2, 0.25) is 0 Å². The van der Waals surface area contributed by atoms with Crippen molar-refractivity contribution in [3.8, 4) is 0 Å². The van der Waals surface area contributed by atoms with E-state index in [0.29, 0.717) is 32.6 Å². The molecular weight excluding hydrogens is 628 g/mol. The van der Waals surface area contributed by atoms with E-state index in [2.05, 4.69) is 31.0 Å². The van der Waals surface area contributed by atoms with Crippen LogP contribution in [0, 0.1) is 0 Å². The average molecular weight is 713 g/mol. The van der Waals surface area contributed by atoms with Gasteiger partial charge in [0.25, 0.3) is 0 Å². The molecule has 1 atom stereocenters. The number of unbranched alkanes of at least 4 members (excludes halogenated alkanes) is 20. The Labute approximate surface area is 309 Å². The van der Waals surface area contributed by atoms with Crippen molar-refractivity contribution in [1.29, 1.82) is 0 Å². The molecule has 50 heavy (non-hydrogen) atoms. The molecule has 0 aromatic heterocycles. The van der Waals surface area contributed by atoms with E-state index >= 15 is 0 Å². The lowest BCUT2D eigenvalue weighted by Crippen LogP contribution is -2.35. The molecule has 8 heteroatoms. The van der Waals surface area contributed by atoms with Crippen LogP contribution in [0.3, 0.4) is 0 Å². The van der Waals surface area contributed by atoms with E-state index in [1.165, 1.54) is 70.6 Å². The molecule has 0 fully saturated rings. The number of nitrogens with zero attached hydrogens (tertiary/aromatic N) is 1. The average Bonchev–Trinajstić information content (AvgIpc) is 3.11. The number of ether oxygens (including phenoxy) is 3. The van der Waals surface area contributed by atoms with Crippen LogP contribution in [0.4, 0.5) is 0 Å². The van der Waals surface area contributed by atoms with Crippen LogP contribution < -0.4 is 5.32 Å². The fourth-order valence-electron chi connectivity index (χ4n) is 6.23. The van der Waals surface area contributed by atoms with E-state index in [1.807, 2.05) is 0 Å². The third-order valence-corrected chi connectivity index (χ3v) is 9.46. The topological polar surface area (TPSA) is 97.3 Å². The lowest BCUT2D eigenvalue weighted by molar-refractivity contribution is -0.152. The minimum absolute atomic E-state index is 0.0380.